The van der Waals surface area contributed by atoms with E-state index in [1.807, 2.05) is 41.9 Å². The van der Waals surface area contributed by atoms with Gasteiger partial charge in [0.2, 0.25) is 0 Å². The van der Waals surface area contributed by atoms with Crippen LogP contribution in [-0.2, 0) is 17.9 Å². The van der Waals surface area contributed by atoms with Crippen molar-refractivity contribution in [3.05, 3.63) is 53.9 Å². The van der Waals surface area contributed by atoms with Crippen LogP contribution in [0.1, 0.15) is 30.6 Å². The molecule has 0 bridgehead atoms. The average Bonchev–Trinajstić information content (AvgIpc) is 3.38. The van der Waals surface area contributed by atoms with Crippen LogP contribution in [0.25, 0.3) is 10.9 Å². The maximum Gasteiger partial charge on any atom is 0.320 e. The number of aliphatic hydroxyl groups excluding tert-OH is 1. The lowest BCUT2D eigenvalue weighted by Gasteiger charge is -2.15. The Balaban J connectivity index is 1.50. The minimum absolute atomic E-state index is 0.145. The van der Waals surface area contributed by atoms with Gasteiger partial charge in [0.25, 0.3) is 0 Å². The van der Waals surface area contributed by atoms with E-state index in [1.54, 1.807) is 12.3 Å². The summed E-state index contributed by atoms with van der Waals surface area (Å²) in [4.78, 5) is 16.8. The minimum Gasteiger partial charge on any atom is -0.390 e. The van der Waals surface area contributed by atoms with Gasteiger partial charge in [0.1, 0.15) is 5.82 Å². The van der Waals surface area contributed by atoms with Crippen molar-refractivity contribution in [1.82, 2.24) is 20.1 Å². The van der Waals surface area contributed by atoms with E-state index in [2.05, 4.69) is 20.7 Å². The number of pyridine rings is 1. The second-order valence-electron chi connectivity index (χ2n) is 7.34. The van der Waals surface area contributed by atoms with Gasteiger partial charge in [0.15, 0.2) is 0 Å². The van der Waals surface area contributed by atoms with E-state index in [0.29, 0.717) is 17.4 Å². The summed E-state index contributed by atoms with van der Waals surface area (Å²) in [6.45, 7) is 3.91. The largest absolute Gasteiger partial charge is 0.390 e. The Hall–Kier alpha value is -2.97. The third-order valence-corrected chi connectivity index (χ3v) is 5.18. The van der Waals surface area contributed by atoms with Gasteiger partial charge in [0, 0.05) is 24.5 Å². The Kier molecular flexibility index (Phi) is 5.73. The molecule has 2 atom stereocenters. The van der Waals surface area contributed by atoms with E-state index in [9.17, 15) is 9.90 Å². The molecule has 0 aliphatic carbocycles. The molecule has 8 nitrogen and oxygen atoms in total. The van der Waals surface area contributed by atoms with Gasteiger partial charge in [-0.25, -0.2) is 9.78 Å². The lowest BCUT2D eigenvalue weighted by atomic mass is 10.1. The standard InChI is InChI=1S/C21H25N5O3/c1-14(16-5-3-2-4-6-16)23-21(28)25-19-9-17-10-22-26(11-15-7-8-29-13-15)20(17)18(12-27)24-19/h2-6,9-10,14-15,27H,7-8,11-13H2,1H3,(H2,23,24,25,28). The zero-order valence-electron chi connectivity index (χ0n) is 16.3. The fraction of sp³-hybridized carbons (Fsp3) is 0.381. The molecule has 29 heavy (non-hydrogen) atoms. The molecule has 1 saturated heterocycles. The van der Waals surface area contributed by atoms with Gasteiger partial charge >= 0.3 is 6.03 Å². The molecule has 0 spiro atoms. The van der Waals surface area contributed by atoms with Crippen LogP contribution >= 0.6 is 0 Å². The number of amides is 2. The molecule has 3 heterocycles. The molecule has 1 fully saturated rings. The van der Waals surface area contributed by atoms with Gasteiger partial charge in [-0.3, -0.25) is 10.00 Å². The van der Waals surface area contributed by atoms with E-state index in [4.69, 9.17) is 4.74 Å². The molecular formula is C21H25N5O3. The molecular weight excluding hydrogens is 370 g/mol. The number of rotatable bonds is 6. The van der Waals surface area contributed by atoms with Crippen LogP contribution in [0.4, 0.5) is 10.6 Å². The Morgan fingerprint density at radius 2 is 2.21 bits per heavy atom. The molecule has 1 aromatic carbocycles. The summed E-state index contributed by atoms with van der Waals surface area (Å²) in [7, 11) is 0. The van der Waals surface area contributed by atoms with Crippen LogP contribution in [0.5, 0.6) is 0 Å². The first-order chi connectivity index (χ1) is 14.1. The number of urea groups is 1. The van der Waals surface area contributed by atoms with E-state index in [1.165, 1.54) is 0 Å². The molecule has 3 N–H and O–H groups in total. The van der Waals surface area contributed by atoms with Gasteiger partial charge in [-0.2, -0.15) is 5.10 Å². The van der Waals surface area contributed by atoms with Crippen molar-refractivity contribution in [2.75, 3.05) is 18.5 Å². The van der Waals surface area contributed by atoms with E-state index in [0.717, 1.165) is 42.6 Å². The van der Waals surface area contributed by atoms with Gasteiger partial charge in [-0.05, 0) is 25.0 Å². The zero-order chi connectivity index (χ0) is 20.2. The third kappa shape index (κ3) is 4.38. The summed E-state index contributed by atoms with van der Waals surface area (Å²) < 4.78 is 7.31. The van der Waals surface area contributed by atoms with Gasteiger partial charge in [0.05, 0.1) is 36.7 Å². The SMILES string of the molecule is CC(NC(=O)Nc1cc2cnn(CC3CCOC3)c2c(CO)n1)c1ccccc1. The monoisotopic (exact) mass is 395 g/mol. The van der Waals surface area contributed by atoms with Crippen molar-refractivity contribution in [2.24, 2.45) is 5.92 Å². The Morgan fingerprint density at radius 3 is 2.93 bits per heavy atom. The topological polar surface area (TPSA) is 101 Å². The lowest BCUT2D eigenvalue weighted by molar-refractivity contribution is 0.182. The van der Waals surface area contributed by atoms with Crippen LogP contribution < -0.4 is 10.6 Å². The summed E-state index contributed by atoms with van der Waals surface area (Å²) in [5.41, 5.74) is 2.30. The maximum atomic E-state index is 12.4. The highest BCUT2D eigenvalue weighted by atomic mass is 16.5. The summed E-state index contributed by atoms with van der Waals surface area (Å²) >= 11 is 0. The molecule has 1 aliphatic heterocycles. The van der Waals surface area contributed by atoms with Crippen LogP contribution in [0.15, 0.2) is 42.6 Å². The second kappa shape index (κ2) is 8.59. The Bertz CT molecular complexity index is 983. The van der Waals surface area contributed by atoms with Gasteiger partial charge < -0.3 is 15.2 Å². The van der Waals surface area contributed by atoms with Crippen molar-refractivity contribution < 1.29 is 14.6 Å². The van der Waals surface area contributed by atoms with Crippen molar-refractivity contribution in [3.63, 3.8) is 0 Å². The number of hydrogen-bond acceptors (Lipinski definition) is 5. The van der Waals surface area contributed by atoms with Crippen LogP contribution in [0.2, 0.25) is 0 Å². The number of fused-ring (bicyclic) bond motifs is 1. The summed E-state index contributed by atoms with van der Waals surface area (Å²) in [6.07, 6.45) is 2.74. The van der Waals surface area contributed by atoms with E-state index >= 15 is 0 Å². The Labute approximate surface area is 168 Å². The molecule has 4 rings (SSSR count). The number of ether oxygens (including phenoxy) is 1. The molecule has 2 amide bonds. The molecule has 152 valence electrons. The molecule has 2 aromatic heterocycles. The zero-order valence-corrected chi connectivity index (χ0v) is 16.3. The molecule has 1 aliphatic rings. The number of aliphatic hydroxyl groups is 1. The van der Waals surface area contributed by atoms with Gasteiger partial charge in [-0.15, -0.1) is 0 Å². The summed E-state index contributed by atoms with van der Waals surface area (Å²) in [5, 5.41) is 20.8. The molecule has 3 aromatic rings. The van der Waals surface area contributed by atoms with Crippen LogP contribution in [-0.4, -0.2) is 39.1 Å². The molecule has 8 heteroatoms. The highest BCUT2D eigenvalue weighted by molar-refractivity contribution is 5.92. The number of carbonyl (C=O) groups excluding carboxylic acids is 1. The van der Waals surface area contributed by atoms with Gasteiger partial charge in [-0.1, -0.05) is 30.3 Å². The highest BCUT2D eigenvalue weighted by Gasteiger charge is 2.20. The first-order valence-corrected chi connectivity index (χ1v) is 9.80. The van der Waals surface area contributed by atoms with Crippen LogP contribution in [0, 0.1) is 5.92 Å². The van der Waals surface area contributed by atoms with E-state index in [-0.39, 0.29) is 18.7 Å². The number of aromatic nitrogens is 3. The number of benzene rings is 1. The normalized spacial score (nSPS) is 17.4. The van der Waals surface area contributed by atoms with E-state index < -0.39 is 0 Å². The van der Waals surface area contributed by atoms with Crippen LogP contribution in [0.3, 0.4) is 0 Å². The molecule has 2 unspecified atom stereocenters. The minimum atomic E-state index is -0.354. The summed E-state index contributed by atoms with van der Waals surface area (Å²) in [5.74, 6) is 0.788. The Morgan fingerprint density at radius 1 is 1.38 bits per heavy atom. The fourth-order valence-corrected chi connectivity index (χ4v) is 3.66. The fourth-order valence-electron chi connectivity index (χ4n) is 3.66. The predicted molar refractivity (Wildman–Crippen MR) is 109 cm³/mol. The van der Waals surface area contributed by atoms with Crippen molar-refractivity contribution >= 4 is 22.8 Å². The number of nitrogens with one attached hydrogen (secondary N) is 2. The second-order valence-corrected chi connectivity index (χ2v) is 7.34. The third-order valence-electron chi connectivity index (χ3n) is 5.18. The highest BCUT2D eigenvalue weighted by Crippen LogP contribution is 2.24. The van der Waals surface area contributed by atoms with Crippen molar-refractivity contribution in [2.45, 2.75) is 32.5 Å². The summed E-state index contributed by atoms with van der Waals surface area (Å²) in [6, 6.07) is 11.0. The number of hydrogen-bond donors (Lipinski definition) is 3. The first kappa shape index (κ1) is 19.4. The number of carbonyl (C=O) groups is 1. The molecule has 0 radical (unpaired) electrons. The quantitative estimate of drug-likeness (QED) is 0.596. The van der Waals surface area contributed by atoms with Crippen molar-refractivity contribution in [1.29, 1.82) is 0 Å². The number of nitrogens with zero attached hydrogens (tertiary/aromatic N) is 3. The molecule has 0 saturated carbocycles. The first-order valence-electron chi connectivity index (χ1n) is 9.80. The average molecular weight is 395 g/mol. The smallest absolute Gasteiger partial charge is 0.320 e. The maximum absolute atomic E-state index is 12.4. The predicted octanol–water partition coefficient (Wildman–Crippen LogP) is 2.84. The lowest BCUT2D eigenvalue weighted by Crippen LogP contribution is -2.31. The van der Waals surface area contributed by atoms with Crippen molar-refractivity contribution in [3.8, 4) is 0 Å². The number of anilines is 1.